The van der Waals surface area contributed by atoms with Crippen LogP contribution in [0, 0.1) is 18.3 Å². The van der Waals surface area contributed by atoms with Crippen LogP contribution in [-0.4, -0.2) is 18.3 Å². The number of aliphatic hydroxyl groups is 1. The number of anilines is 1. The third kappa shape index (κ3) is 3.12. The van der Waals surface area contributed by atoms with Gasteiger partial charge >= 0.3 is 0 Å². The second-order valence-electron chi connectivity index (χ2n) is 3.39. The quantitative estimate of drug-likeness (QED) is 0.707. The van der Waals surface area contributed by atoms with Crippen LogP contribution in [0.3, 0.4) is 0 Å². The summed E-state index contributed by atoms with van der Waals surface area (Å²) >= 11 is 0. The minimum atomic E-state index is 0.196. The molecule has 1 atom stereocenters. The lowest BCUT2D eigenvalue weighted by Crippen LogP contribution is -2.14. The van der Waals surface area contributed by atoms with E-state index in [-0.39, 0.29) is 12.5 Å². The van der Waals surface area contributed by atoms with Crippen LogP contribution in [-0.2, 0) is 0 Å². The molecule has 0 aromatic heterocycles. The zero-order chi connectivity index (χ0) is 10.4. The Balaban J connectivity index is 2.55. The first-order chi connectivity index (χ1) is 6.76. The fraction of sp³-hybridized carbons (Fsp3) is 0.333. The summed E-state index contributed by atoms with van der Waals surface area (Å²) in [5.74, 6) is 2.83. The Morgan fingerprint density at radius 1 is 1.57 bits per heavy atom. The Labute approximate surface area is 85.0 Å². The molecule has 0 aliphatic rings. The number of hydrogen-bond donors (Lipinski definition) is 2. The van der Waals surface area contributed by atoms with Crippen molar-refractivity contribution in [2.45, 2.75) is 6.92 Å². The Kier molecular flexibility index (Phi) is 4.03. The number of nitrogens with one attached hydrogen (secondary N) is 1. The van der Waals surface area contributed by atoms with Crippen molar-refractivity contribution in [1.82, 2.24) is 0 Å². The molecule has 0 amide bonds. The van der Waals surface area contributed by atoms with E-state index in [1.165, 1.54) is 0 Å². The van der Waals surface area contributed by atoms with Crippen LogP contribution in [0.25, 0.3) is 0 Å². The van der Waals surface area contributed by atoms with Crippen LogP contribution in [0.2, 0.25) is 0 Å². The van der Waals surface area contributed by atoms with Crippen LogP contribution < -0.4 is 5.32 Å². The average molecular weight is 189 g/mol. The number of terminal acetylenes is 1. The smallest absolute Gasteiger partial charge is 0.0473 e. The maximum atomic E-state index is 8.84. The van der Waals surface area contributed by atoms with Crippen molar-refractivity contribution in [3.05, 3.63) is 29.8 Å². The molecule has 0 aliphatic carbocycles. The number of aliphatic hydroxyl groups excluding tert-OH is 1. The Hall–Kier alpha value is -1.46. The van der Waals surface area contributed by atoms with E-state index in [1.54, 1.807) is 0 Å². The summed E-state index contributed by atoms with van der Waals surface area (Å²) in [4.78, 5) is 0. The maximum Gasteiger partial charge on any atom is 0.0473 e. The normalized spacial score (nSPS) is 11.8. The second-order valence-corrected chi connectivity index (χ2v) is 3.39. The lowest BCUT2D eigenvalue weighted by molar-refractivity contribution is 0.244. The molecule has 2 heteroatoms. The number of hydrogen-bond acceptors (Lipinski definition) is 2. The summed E-state index contributed by atoms with van der Waals surface area (Å²) in [7, 11) is 0. The SMILES string of the molecule is C#Cc1cccc(NCC(C)CO)c1. The molecule has 14 heavy (non-hydrogen) atoms. The van der Waals surface area contributed by atoms with Crippen LogP contribution in [0.1, 0.15) is 12.5 Å². The monoisotopic (exact) mass is 189 g/mol. The molecule has 0 spiro atoms. The van der Waals surface area contributed by atoms with Gasteiger partial charge in [-0.3, -0.25) is 0 Å². The molecule has 0 aliphatic heterocycles. The van der Waals surface area contributed by atoms with Crippen LogP contribution in [0.5, 0.6) is 0 Å². The fourth-order valence-corrected chi connectivity index (χ4v) is 1.08. The Bertz CT molecular complexity index is 327. The summed E-state index contributed by atoms with van der Waals surface area (Å²) in [5.41, 5.74) is 1.87. The highest BCUT2D eigenvalue weighted by molar-refractivity contribution is 5.49. The van der Waals surface area contributed by atoms with E-state index < -0.39 is 0 Å². The van der Waals surface area contributed by atoms with E-state index in [4.69, 9.17) is 11.5 Å². The molecule has 0 radical (unpaired) electrons. The summed E-state index contributed by atoms with van der Waals surface area (Å²) in [6.45, 7) is 2.93. The minimum Gasteiger partial charge on any atom is -0.396 e. The van der Waals surface area contributed by atoms with Gasteiger partial charge in [-0.25, -0.2) is 0 Å². The van der Waals surface area contributed by atoms with Gasteiger partial charge in [0.1, 0.15) is 0 Å². The first kappa shape index (κ1) is 10.6. The Morgan fingerprint density at radius 3 is 3.00 bits per heavy atom. The van der Waals surface area contributed by atoms with Gasteiger partial charge in [-0.2, -0.15) is 0 Å². The zero-order valence-corrected chi connectivity index (χ0v) is 8.33. The van der Waals surface area contributed by atoms with Crippen molar-refractivity contribution in [3.63, 3.8) is 0 Å². The van der Waals surface area contributed by atoms with Gasteiger partial charge in [0.15, 0.2) is 0 Å². The van der Waals surface area contributed by atoms with Crippen molar-refractivity contribution in [3.8, 4) is 12.3 Å². The van der Waals surface area contributed by atoms with Gasteiger partial charge in [-0.05, 0) is 24.1 Å². The van der Waals surface area contributed by atoms with Gasteiger partial charge in [-0.1, -0.05) is 18.9 Å². The molecule has 0 bridgehead atoms. The van der Waals surface area contributed by atoms with E-state index in [9.17, 15) is 0 Å². The predicted octanol–water partition coefficient (Wildman–Crippen LogP) is 1.71. The third-order valence-electron chi connectivity index (χ3n) is 2.00. The molecule has 0 heterocycles. The van der Waals surface area contributed by atoms with E-state index in [2.05, 4.69) is 11.2 Å². The largest absolute Gasteiger partial charge is 0.396 e. The number of rotatable bonds is 4. The summed E-state index contributed by atoms with van der Waals surface area (Å²) < 4.78 is 0. The summed E-state index contributed by atoms with van der Waals surface area (Å²) in [6.07, 6.45) is 5.28. The zero-order valence-electron chi connectivity index (χ0n) is 8.33. The van der Waals surface area contributed by atoms with Crippen molar-refractivity contribution >= 4 is 5.69 Å². The fourth-order valence-electron chi connectivity index (χ4n) is 1.08. The molecule has 0 saturated carbocycles. The maximum absolute atomic E-state index is 8.84. The standard InChI is InChI=1S/C12H15NO/c1-3-11-5-4-6-12(7-11)13-8-10(2)9-14/h1,4-7,10,13-14H,8-9H2,2H3. The summed E-state index contributed by atoms with van der Waals surface area (Å²) in [5, 5.41) is 12.1. The highest BCUT2D eigenvalue weighted by atomic mass is 16.3. The van der Waals surface area contributed by atoms with Crippen LogP contribution >= 0.6 is 0 Å². The third-order valence-corrected chi connectivity index (χ3v) is 2.00. The molecule has 1 aromatic carbocycles. The predicted molar refractivity (Wildman–Crippen MR) is 59.1 cm³/mol. The van der Waals surface area contributed by atoms with Gasteiger partial charge < -0.3 is 10.4 Å². The first-order valence-electron chi connectivity index (χ1n) is 4.67. The van der Waals surface area contributed by atoms with Crippen molar-refractivity contribution < 1.29 is 5.11 Å². The van der Waals surface area contributed by atoms with Crippen LogP contribution in [0.15, 0.2) is 24.3 Å². The van der Waals surface area contributed by atoms with Gasteiger partial charge in [0.25, 0.3) is 0 Å². The van der Waals surface area contributed by atoms with Crippen molar-refractivity contribution in [1.29, 1.82) is 0 Å². The average Bonchev–Trinajstić information content (AvgIpc) is 2.26. The van der Waals surface area contributed by atoms with Crippen molar-refractivity contribution in [2.24, 2.45) is 5.92 Å². The molecule has 2 N–H and O–H groups in total. The Morgan fingerprint density at radius 2 is 2.36 bits per heavy atom. The lowest BCUT2D eigenvalue weighted by Gasteiger charge is -2.10. The van der Waals surface area contributed by atoms with Crippen LogP contribution in [0.4, 0.5) is 5.69 Å². The molecule has 1 unspecified atom stereocenters. The molecule has 0 fully saturated rings. The second kappa shape index (κ2) is 5.31. The molecule has 2 nitrogen and oxygen atoms in total. The van der Waals surface area contributed by atoms with E-state index >= 15 is 0 Å². The first-order valence-corrected chi connectivity index (χ1v) is 4.67. The van der Waals surface area contributed by atoms with Gasteiger partial charge in [0.05, 0.1) is 0 Å². The van der Waals surface area contributed by atoms with E-state index in [0.29, 0.717) is 0 Å². The lowest BCUT2D eigenvalue weighted by atomic mass is 10.1. The van der Waals surface area contributed by atoms with Crippen molar-refractivity contribution in [2.75, 3.05) is 18.5 Å². The molecule has 1 aromatic rings. The highest BCUT2D eigenvalue weighted by Crippen LogP contribution is 2.10. The molecule has 1 rings (SSSR count). The topological polar surface area (TPSA) is 32.3 Å². The minimum absolute atomic E-state index is 0.196. The molecular weight excluding hydrogens is 174 g/mol. The van der Waals surface area contributed by atoms with Gasteiger partial charge in [0.2, 0.25) is 0 Å². The number of benzene rings is 1. The summed E-state index contributed by atoms with van der Waals surface area (Å²) in [6, 6.07) is 7.69. The van der Waals surface area contributed by atoms with E-state index in [1.807, 2.05) is 31.2 Å². The molecule has 0 saturated heterocycles. The molecular formula is C12H15NO. The van der Waals surface area contributed by atoms with E-state index in [0.717, 1.165) is 17.8 Å². The van der Waals surface area contributed by atoms with Gasteiger partial charge in [-0.15, -0.1) is 6.42 Å². The highest BCUT2D eigenvalue weighted by Gasteiger charge is 1.99. The molecule has 74 valence electrons. The van der Waals surface area contributed by atoms with Gasteiger partial charge in [0, 0.05) is 24.4 Å².